The minimum atomic E-state index is 0.226. The van der Waals surface area contributed by atoms with Gasteiger partial charge >= 0.3 is 0 Å². The van der Waals surface area contributed by atoms with Crippen molar-refractivity contribution in [2.75, 3.05) is 12.4 Å². The molecule has 20 heavy (non-hydrogen) atoms. The maximum absolute atomic E-state index is 5.95. The van der Waals surface area contributed by atoms with Crippen molar-refractivity contribution in [3.63, 3.8) is 0 Å². The van der Waals surface area contributed by atoms with Crippen LogP contribution < -0.4 is 10.1 Å². The van der Waals surface area contributed by atoms with Crippen molar-refractivity contribution in [2.45, 2.75) is 0 Å². The minimum absolute atomic E-state index is 0.226. The van der Waals surface area contributed by atoms with Gasteiger partial charge in [-0.15, -0.1) is 11.3 Å². The summed E-state index contributed by atoms with van der Waals surface area (Å²) in [5.41, 5.74) is 0.860. The van der Waals surface area contributed by atoms with Crippen molar-refractivity contribution in [3.8, 4) is 5.75 Å². The maximum Gasteiger partial charge on any atom is 0.225 e. The van der Waals surface area contributed by atoms with Gasteiger partial charge in [0.25, 0.3) is 0 Å². The van der Waals surface area contributed by atoms with Crippen LogP contribution in [-0.2, 0) is 0 Å². The summed E-state index contributed by atoms with van der Waals surface area (Å²) in [5.74, 6) is 1.44. The Labute approximate surface area is 132 Å². The first-order chi connectivity index (χ1) is 9.65. The Kier molecular flexibility index (Phi) is 3.78. The molecule has 0 aliphatic carbocycles. The molecule has 1 aromatic carbocycles. The largest absolute Gasteiger partial charge is 0.497 e. The average Bonchev–Trinajstić information content (AvgIpc) is 2.86. The van der Waals surface area contributed by atoms with Crippen LogP contribution in [0.5, 0.6) is 5.75 Å². The molecule has 3 aromatic rings. The molecule has 2 aromatic heterocycles. The van der Waals surface area contributed by atoms with Gasteiger partial charge in [0.1, 0.15) is 16.4 Å². The lowest BCUT2D eigenvalue weighted by Crippen LogP contribution is -1.96. The first kappa shape index (κ1) is 13.6. The summed E-state index contributed by atoms with van der Waals surface area (Å²) in [4.78, 5) is 9.29. The van der Waals surface area contributed by atoms with Crippen LogP contribution in [0.2, 0.25) is 5.28 Å². The van der Waals surface area contributed by atoms with E-state index >= 15 is 0 Å². The monoisotopic (exact) mass is 369 g/mol. The zero-order valence-electron chi connectivity index (χ0n) is 10.4. The Morgan fingerprint density at radius 3 is 2.95 bits per heavy atom. The minimum Gasteiger partial charge on any atom is -0.497 e. The lowest BCUT2D eigenvalue weighted by Gasteiger charge is -2.09. The fourth-order valence-electron chi connectivity index (χ4n) is 1.81. The number of benzene rings is 1. The van der Waals surface area contributed by atoms with Gasteiger partial charge in [-0.1, -0.05) is 15.9 Å². The van der Waals surface area contributed by atoms with Crippen LogP contribution in [-0.4, -0.2) is 17.1 Å². The number of hydrogen-bond acceptors (Lipinski definition) is 5. The average molecular weight is 371 g/mol. The Morgan fingerprint density at radius 1 is 1.30 bits per heavy atom. The molecule has 0 spiro atoms. The van der Waals surface area contributed by atoms with E-state index in [1.165, 1.54) is 11.3 Å². The number of thiophene rings is 1. The molecule has 0 radical (unpaired) electrons. The number of aromatic nitrogens is 2. The molecule has 1 N–H and O–H groups in total. The first-order valence-electron chi connectivity index (χ1n) is 5.68. The highest BCUT2D eigenvalue weighted by Gasteiger charge is 2.09. The summed E-state index contributed by atoms with van der Waals surface area (Å²) in [6.45, 7) is 0. The summed E-state index contributed by atoms with van der Waals surface area (Å²) in [6, 6.07) is 7.68. The smallest absolute Gasteiger partial charge is 0.225 e. The van der Waals surface area contributed by atoms with E-state index in [-0.39, 0.29) is 5.28 Å². The van der Waals surface area contributed by atoms with Crippen molar-refractivity contribution in [1.29, 1.82) is 0 Å². The lowest BCUT2D eigenvalue weighted by atomic mass is 10.3. The zero-order valence-corrected chi connectivity index (χ0v) is 13.5. The van der Waals surface area contributed by atoms with Crippen LogP contribution in [0.15, 0.2) is 34.1 Å². The molecule has 4 nitrogen and oxygen atoms in total. The number of hydrogen-bond donors (Lipinski definition) is 1. The summed E-state index contributed by atoms with van der Waals surface area (Å²) in [6.07, 6.45) is 0. The molecule has 0 saturated carbocycles. The zero-order chi connectivity index (χ0) is 14.1. The molecule has 0 bridgehead atoms. The Balaban J connectivity index is 2.04. The molecule has 0 fully saturated rings. The molecule has 3 rings (SSSR count). The van der Waals surface area contributed by atoms with E-state index in [0.717, 1.165) is 26.1 Å². The molecule has 102 valence electrons. The third-order valence-corrected chi connectivity index (χ3v) is 4.10. The third kappa shape index (κ3) is 2.72. The third-order valence-electron chi connectivity index (χ3n) is 2.67. The van der Waals surface area contributed by atoms with Crippen LogP contribution in [0.1, 0.15) is 0 Å². The highest BCUT2D eigenvalue weighted by molar-refractivity contribution is 9.10. The van der Waals surface area contributed by atoms with Gasteiger partial charge in [-0.05, 0) is 35.2 Å². The van der Waals surface area contributed by atoms with Gasteiger partial charge in [0.2, 0.25) is 5.28 Å². The van der Waals surface area contributed by atoms with Gasteiger partial charge in [-0.2, -0.15) is 4.98 Å². The molecule has 2 heterocycles. The molecule has 0 amide bonds. The number of nitrogens with one attached hydrogen (secondary N) is 1. The normalized spacial score (nSPS) is 10.8. The SMILES string of the molecule is COc1cc(Br)cc(Nc2nc(Cl)nc3sccc23)c1. The number of ether oxygens (including phenoxy) is 1. The fourth-order valence-corrected chi connectivity index (χ4v) is 3.27. The highest BCUT2D eigenvalue weighted by Crippen LogP contribution is 2.31. The van der Waals surface area contributed by atoms with Crippen LogP contribution >= 0.6 is 38.9 Å². The predicted octanol–water partition coefficient (Wildman–Crippen LogP) is 4.86. The summed E-state index contributed by atoms with van der Waals surface area (Å²) >= 11 is 10.9. The Hall–Kier alpha value is -1.37. The molecular formula is C13H9BrClN3OS. The second-order valence-corrected chi connectivity index (χ2v) is 6.13. The van der Waals surface area contributed by atoms with Gasteiger partial charge in [0.05, 0.1) is 12.5 Å². The standard InChI is InChI=1S/C13H9BrClN3OS/c1-19-9-5-7(14)4-8(6-9)16-11-10-2-3-20-12(10)18-13(15)17-11/h2-6H,1H3,(H,16,17,18). The van der Waals surface area contributed by atoms with E-state index in [1.807, 2.05) is 29.6 Å². The van der Waals surface area contributed by atoms with Crippen LogP contribution in [0.25, 0.3) is 10.2 Å². The lowest BCUT2D eigenvalue weighted by molar-refractivity contribution is 0.415. The molecule has 0 aliphatic heterocycles. The van der Waals surface area contributed by atoms with Gasteiger partial charge in [-0.3, -0.25) is 0 Å². The predicted molar refractivity (Wildman–Crippen MR) is 86.4 cm³/mol. The second-order valence-electron chi connectivity index (χ2n) is 3.99. The summed E-state index contributed by atoms with van der Waals surface area (Å²) < 4.78 is 6.16. The quantitative estimate of drug-likeness (QED) is 0.669. The maximum atomic E-state index is 5.95. The van der Waals surface area contributed by atoms with Crippen LogP contribution in [0, 0.1) is 0 Å². The summed E-state index contributed by atoms with van der Waals surface area (Å²) in [5, 5.41) is 6.38. The molecule has 0 saturated heterocycles. The van der Waals surface area contributed by atoms with Gasteiger partial charge in [0.15, 0.2) is 0 Å². The molecule has 0 aliphatic rings. The van der Waals surface area contributed by atoms with Gasteiger partial charge in [-0.25, -0.2) is 4.98 Å². The van der Waals surface area contributed by atoms with E-state index in [1.54, 1.807) is 7.11 Å². The first-order valence-corrected chi connectivity index (χ1v) is 7.73. The van der Waals surface area contributed by atoms with Crippen molar-refractivity contribution < 1.29 is 4.74 Å². The van der Waals surface area contributed by atoms with Crippen molar-refractivity contribution >= 4 is 60.6 Å². The van der Waals surface area contributed by atoms with E-state index in [4.69, 9.17) is 16.3 Å². The molecular weight excluding hydrogens is 362 g/mol. The van der Waals surface area contributed by atoms with E-state index < -0.39 is 0 Å². The Bertz CT molecular complexity index is 777. The fraction of sp³-hybridized carbons (Fsp3) is 0.0769. The van der Waals surface area contributed by atoms with Crippen molar-refractivity contribution in [1.82, 2.24) is 9.97 Å². The van der Waals surface area contributed by atoms with Crippen molar-refractivity contribution in [2.24, 2.45) is 0 Å². The van der Waals surface area contributed by atoms with E-state index in [2.05, 4.69) is 31.2 Å². The number of halogens is 2. The number of nitrogens with zero attached hydrogens (tertiary/aromatic N) is 2. The van der Waals surface area contributed by atoms with E-state index in [9.17, 15) is 0 Å². The Morgan fingerprint density at radius 2 is 2.15 bits per heavy atom. The van der Waals surface area contributed by atoms with Crippen LogP contribution in [0.4, 0.5) is 11.5 Å². The molecule has 0 atom stereocenters. The van der Waals surface area contributed by atoms with Gasteiger partial charge < -0.3 is 10.1 Å². The highest BCUT2D eigenvalue weighted by atomic mass is 79.9. The van der Waals surface area contributed by atoms with Crippen molar-refractivity contribution in [3.05, 3.63) is 39.4 Å². The topological polar surface area (TPSA) is 47.0 Å². The van der Waals surface area contributed by atoms with Gasteiger partial charge in [0, 0.05) is 16.2 Å². The second kappa shape index (κ2) is 5.55. The number of methoxy groups -OCH3 is 1. The number of anilines is 2. The number of rotatable bonds is 3. The molecule has 7 heteroatoms. The van der Waals surface area contributed by atoms with E-state index in [0.29, 0.717) is 5.82 Å². The van der Waals surface area contributed by atoms with Crippen LogP contribution in [0.3, 0.4) is 0 Å². The summed E-state index contributed by atoms with van der Waals surface area (Å²) in [7, 11) is 1.63. The number of fused-ring (bicyclic) bond motifs is 1. The molecule has 0 unspecified atom stereocenters.